The molecule has 1 fully saturated rings. The molecule has 0 aliphatic carbocycles. The average molecular weight is 371 g/mol. The van der Waals surface area contributed by atoms with Crippen LogP contribution in [-0.4, -0.2) is 33.6 Å². The predicted molar refractivity (Wildman–Crippen MR) is 90.7 cm³/mol. The Kier molecular flexibility index (Phi) is 4.18. The van der Waals surface area contributed by atoms with E-state index in [1.165, 1.54) is 29.3 Å². The molecule has 8 heteroatoms. The topological polar surface area (TPSA) is 79.4 Å². The number of hydrogen-bond donors (Lipinski definition) is 1. The second kappa shape index (κ2) is 6.53. The lowest BCUT2D eigenvalue weighted by Crippen LogP contribution is -2.52. The lowest BCUT2D eigenvalue weighted by Gasteiger charge is -2.29. The second-order valence-electron chi connectivity index (χ2n) is 6.51. The fourth-order valence-electron chi connectivity index (χ4n) is 3.54. The van der Waals surface area contributed by atoms with E-state index in [-0.39, 0.29) is 42.5 Å². The summed E-state index contributed by atoms with van der Waals surface area (Å²) < 4.78 is 26.5. The summed E-state index contributed by atoms with van der Waals surface area (Å²) in [6, 6.07) is 6.91. The average Bonchev–Trinajstić information content (AvgIpc) is 2.98. The number of fused-ring (bicyclic) bond motifs is 1. The third-order valence-corrected chi connectivity index (χ3v) is 4.88. The first-order chi connectivity index (χ1) is 13.0. The molecule has 1 saturated heterocycles. The third-order valence-electron chi connectivity index (χ3n) is 4.88. The van der Waals surface area contributed by atoms with Gasteiger partial charge in [-0.05, 0) is 30.2 Å². The van der Waals surface area contributed by atoms with Gasteiger partial charge in [-0.1, -0.05) is 12.1 Å². The molecule has 2 aromatic rings. The maximum absolute atomic E-state index is 13.3. The van der Waals surface area contributed by atoms with Gasteiger partial charge in [0.2, 0.25) is 11.8 Å². The Morgan fingerprint density at radius 2 is 2.00 bits per heavy atom. The lowest BCUT2D eigenvalue weighted by molar-refractivity contribution is -0.136. The number of aromatic nitrogens is 1. The van der Waals surface area contributed by atoms with Crippen molar-refractivity contribution in [3.8, 4) is 11.3 Å². The molecule has 2 aliphatic rings. The Hall–Kier alpha value is -3.16. The van der Waals surface area contributed by atoms with E-state index < -0.39 is 18.4 Å². The van der Waals surface area contributed by atoms with E-state index in [9.17, 15) is 23.2 Å². The minimum Gasteiger partial charge on any atom is -0.322 e. The molecule has 0 saturated carbocycles. The smallest absolute Gasteiger partial charge is 0.265 e. The minimum absolute atomic E-state index is 0.127. The van der Waals surface area contributed by atoms with Crippen LogP contribution in [0.4, 0.5) is 8.78 Å². The van der Waals surface area contributed by atoms with Crippen molar-refractivity contribution in [1.82, 2.24) is 15.2 Å². The molecule has 3 amide bonds. The van der Waals surface area contributed by atoms with Gasteiger partial charge >= 0.3 is 0 Å². The van der Waals surface area contributed by atoms with Gasteiger partial charge in [0.05, 0.1) is 5.69 Å². The van der Waals surface area contributed by atoms with Crippen molar-refractivity contribution in [1.29, 1.82) is 0 Å². The summed E-state index contributed by atoms with van der Waals surface area (Å²) in [5.41, 5.74) is 1.42. The fraction of sp³-hybridized carbons (Fsp3) is 0.263. The molecule has 0 bridgehead atoms. The number of carbonyl (C=O) groups is 3. The van der Waals surface area contributed by atoms with Gasteiger partial charge in [-0.2, -0.15) is 0 Å². The lowest BCUT2D eigenvalue weighted by atomic mass is 10.0. The van der Waals surface area contributed by atoms with Crippen molar-refractivity contribution in [3.63, 3.8) is 0 Å². The van der Waals surface area contributed by atoms with Crippen LogP contribution in [-0.2, 0) is 16.1 Å². The number of alkyl halides is 2. The highest BCUT2D eigenvalue weighted by atomic mass is 19.3. The van der Waals surface area contributed by atoms with Crippen molar-refractivity contribution >= 4 is 17.7 Å². The Bertz CT molecular complexity index is 961. The number of halogens is 2. The quantitative estimate of drug-likeness (QED) is 0.841. The normalized spacial score (nSPS) is 19.4. The van der Waals surface area contributed by atoms with Crippen LogP contribution in [0.15, 0.2) is 36.5 Å². The van der Waals surface area contributed by atoms with Crippen LogP contribution >= 0.6 is 0 Å². The summed E-state index contributed by atoms with van der Waals surface area (Å²) in [7, 11) is 0. The van der Waals surface area contributed by atoms with Gasteiger partial charge < -0.3 is 4.90 Å². The van der Waals surface area contributed by atoms with Gasteiger partial charge in [0.1, 0.15) is 6.04 Å². The molecular weight excluding hydrogens is 356 g/mol. The monoisotopic (exact) mass is 371 g/mol. The molecule has 1 aromatic carbocycles. The molecule has 0 spiro atoms. The van der Waals surface area contributed by atoms with E-state index in [1.54, 1.807) is 12.1 Å². The summed E-state index contributed by atoms with van der Waals surface area (Å²) in [5.74, 6) is -1.19. The van der Waals surface area contributed by atoms with Gasteiger partial charge in [-0.25, -0.2) is 8.78 Å². The number of nitrogens with one attached hydrogen (secondary N) is 1. The minimum atomic E-state index is -2.68. The molecule has 4 rings (SSSR count). The predicted octanol–water partition coefficient (Wildman–Crippen LogP) is 2.45. The van der Waals surface area contributed by atoms with Crippen LogP contribution in [0.25, 0.3) is 11.3 Å². The molecule has 0 radical (unpaired) electrons. The molecule has 1 unspecified atom stereocenters. The number of pyridine rings is 1. The summed E-state index contributed by atoms with van der Waals surface area (Å²) in [6.45, 7) is 0.241. The number of imide groups is 1. The van der Waals surface area contributed by atoms with E-state index >= 15 is 0 Å². The third kappa shape index (κ3) is 2.97. The SMILES string of the molecule is O=C1CCC(N2Cc3ccc(-c4ncccc4C(F)F)cc3C2=O)C(=O)N1. The van der Waals surface area contributed by atoms with Crippen molar-refractivity contribution < 1.29 is 23.2 Å². The summed E-state index contributed by atoms with van der Waals surface area (Å²) >= 11 is 0. The Balaban J connectivity index is 1.66. The van der Waals surface area contributed by atoms with Crippen LogP contribution in [0.1, 0.15) is 40.8 Å². The van der Waals surface area contributed by atoms with Crippen molar-refractivity contribution in [2.24, 2.45) is 0 Å². The Morgan fingerprint density at radius 1 is 1.19 bits per heavy atom. The Morgan fingerprint density at radius 3 is 2.74 bits per heavy atom. The maximum Gasteiger partial charge on any atom is 0.265 e. The highest BCUT2D eigenvalue weighted by Gasteiger charge is 2.39. The maximum atomic E-state index is 13.3. The zero-order valence-electron chi connectivity index (χ0n) is 14.1. The number of nitrogens with zero attached hydrogens (tertiary/aromatic N) is 2. The van der Waals surface area contributed by atoms with E-state index in [0.717, 1.165) is 0 Å². The summed E-state index contributed by atoms with van der Waals surface area (Å²) in [6.07, 6.45) is -0.815. The number of carbonyl (C=O) groups excluding carboxylic acids is 3. The van der Waals surface area contributed by atoms with Crippen LogP contribution in [0, 0.1) is 0 Å². The summed E-state index contributed by atoms with van der Waals surface area (Å²) in [5, 5.41) is 2.25. The molecule has 1 aromatic heterocycles. The molecule has 6 nitrogen and oxygen atoms in total. The summed E-state index contributed by atoms with van der Waals surface area (Å²) in [4.78, 5) is 41.7. The number of piperidine rings is 1. The Labute approximate surface area is 153 Å². The van der Waals surface area contributed by atoms with Gasteiger partial charge in [0.15, 0.2) is 0 Å². The molecule has 1 N–H and O–H groups in total. The van der Waals surface area contributed by atoms with Gasteiger partial charge in [0.25, 0.3) is 12.3 Å². The largest absolute Gasteiger partial charge is 0.322 e. The molecule has 1 atom stereocenters. The second-order valence-corrected chi connectivity index (χ2v) is 6.51. The van der Waals surface area contributed by atoms with Gasteiger partial charge in [-0.3, -0.25) is 24.7 Å². The highest BCUT2D eigenvalue weighted by molar-refractivity contribution is 6.05. The molecule has 3 heterocycles. The van der Waals surface area contributed by atoms with Gasteiger partial charge in [0, 0.05) is 35.9 Å². The zero-order valence-corrected chi connectivity index (χ0v) is 14.1. The van der Waals surface area contributed by atoms with Crippen LogP contribution in [0.5, 0.6) is 0 Å². The molecule has 27 heavy (non-hydrogen) atoms. The van der Waals surface area contributed by atoms with E-state index in [0.29, 0.717) is 16.7 Å². The fourth-order valence-corrected chi connectivity index (χ4v) is 3.54. The van der Waals surface area contributed by atoms with Crippen molar-refractivity contribution in [3.05, 3.63) is 53.2 Å². The highest BCUT2D eigenvalue weighted by Crippen LogP contribution is 2.33. The standard InChI is InChI=1S/C19H15F2N3O3/c20-17(21)12-2-1-7-22-16(12)10-3-4-11-9-24(19(27)13(11)8-10)14-5-6-15(25)23-18(14)26/h1-4,7-8,14,17H,5-6,9H2,(H,23,25,26). The van der Waals surface area contributed by atoms with Crippen LogP contribution < -0.4 is 5.32 Å². The van der Waals surface area contributed by atoms with E-state index in [1.807, 2.05) is 0 Å². The van der Waals surface area contributed by atoms with Crippen molar-refractivity contribution in [2.75, 3.05) is 0 Å². The first-order valence-corrected chi connectivity index (χ1v) is 8.46. The van der Waals surface area contributed by atoms with E-state index in [4.69, 9.17) is 0 Å². The first-order valence-electron chi connectivity index (χ1n) is 8.46. The van der Waals surface area contributed by atoms with Crippen LogP contribution in [0.3, 0.4) is 0 Å². The number of benzene rings is 1. The van der Waals surface area contributed by atoms with Crippen LogP contribution in [0.2, 0.25) is 0 Å². The van der Waals surface area contributed by atoms with Crippen molar-refractivity contribution in [2.45, 2.75) is 31.9 Å². The number of rotatable bonds is 3. The molecule has 138 valence electrons. The number of amides is 3. The van der Waals surface area contributed by atoms with Gasteiger partial charge in [-0.15, -0.1) is 0 Å². The van der Waals surface area contributed by atoms with E-state index in [2.05, 4.69) is 10.3 Å². The molecular formula is C19H15F2N3O3. The molecule has 2 aliphatic heterocycles. The number of hydrogen-bond acceptors (Lipinski definition) is 4. The first kappa shape index (κ1) is 17.3. The zero-order chi connectivity index (χ0) is 19.1.